The van der Waals surface area contributed by atoms with Gasteiger partial charge in [-0.05, 0) is 56.5 Å². The summed E-state index contributed by atoms with van der Waals surface area (Å²) in [5.41, 5.74) is 3.64. The summed E-state index contributed by atoms with van der Waals surface area (Å²) in [5.74, 6) is 5.38. The van der Waals surface area contributed by atoms with Gasteiger partial charge in [-0.2, -0.15) is 0 Å². The second-order valence-electron chi connectivity index (χ2n) is 4.19. The molecule has 0 aliphatic heterocycles. The van der Waals surface area contributed by atoms with Gasteiger partial charge in [-0.25, -0.2) is 19.2 Å². The van der Waals surface area contributed by atoms with Gasteiger partial charge in [-0.15, -0.1) is 0 Å². The van der Waals surface area contributed by atoms with Crippen LogP contribution in [-0.2, 0) is 10.0 Å². The molecule has 0 atom stereocenters. The van der Waals surface area contributed by atoms with Crippen molar-refractivity contribution < 1.29 is 8.42 Å². The summed E-state index contributed by atoms with van der Waals surface area (Å²) in [7, 11) is -3.83. The second-order valence-corrected chi connectivity index (χ2v) is 7.55. The van der Waals surface area contributed by atoms with E-state index in [1.54, 1.807) is 12.1 Å². The van der Waals surface area contributed by atoms with Gasteiger partial charge in [0.05, 0.1) is 5.69 Å². The van der Waals surface area contributed by atoms with Gasteiger partial charge < -0.3 is 5.43 Å². The Morgan fingerprint density at radius 3 is 2.67 bits per heavy atom. The number of nitrogens with two attached hydrogens (primary N) is 1. The number of nitrogens with zero attached hydrogens (tertiary/aromatic N) is 1. The van der Waals surface area contributed by atoms with Crippen molar-refractivity contribution in [3.05, 3.63) is 45.0 Å². The molecule has 1 aromatic carbocycles. The topological polar surface area (TPSA) is 97.1 Å². The predicted molar refractivity (Wildman–Crippen MR) is 89.4 cm³/mol. The van der Waals surface area contributed by atoms with Crippen molar-refractivity contribution in [1.82, 2.24) is 4.98 Å². The molecule has 2 aromatic rings. The van der Waals surface area contributed by atoms with Crippen LogP contribution in [-0.4, -0.2) is 13.4 Å². The highest BCUT2D eigenvalue weighted by molar-refractivity contribution is 9.11. The molecule has 21 heavy (non-hydrogen) atoms. The minimum atomic E-state index is -3.83. The Labute approximate surface area is 139 Å². The fraction of sp³-hybridized carbons (Fsp3) is 0.0833. The van der Waals surface area contributed by atoms with E-state index in [-0.39, 0.29) is 10.7 Å². The fourth-order valence-electron chi connectivity index (χ4n) is 1.66. The minimum absolute atomic E-state index is 0.0484. The molecule has 9 heteroatoms. The van der Waals surface area contributed by atoms with Crippen LogP contribution in [0.2, 0.25) is 0 Å². The standard InChI is InChI=1S/C12H12Br2N4O2S/c1-7-3-2-4-9(11(7)14)18-21(19,20)10-5-8(13)6-16-12(10)17-15/h2-6,18H,15H2,1H3,(H,16,17). The molecule has 0 amide bonds. The lowest BCUT2D eigenvalue weighted by molar-refractivity contribution is 0.601. The van der Waals surface area contributed by atoms with Gasteiger partial charge in [0.15, 0.2) is 5.82 Å². The van der Waals surface area contributed by atoms with Crippen molar-refractivity contribution in [1.29, 1.82) is 0 Å². The molecule has 0 saturated heterocycles. The Bertz CT molecular complexity index is 781. The number of benzene rings is 1. The lowest BCUT2D eigenvalue weighted by Crippen LogP contribution is -2.19. The van der Waals surface area contributed by atoms with E-state index >= 15 is 0 Å². The number of anilines is 2. The number of aromatic nitrogens is 1. The molecule has 2 rings (SSSR count). The molecule has 0 aliphatic carbocycles. The van der Waals surface area contributed by atoms with Crippen LogP contribution in [0.1, 0.15) is 5.56 Å². The summed E-state index contributed by atoms with van der Waals surface area (Å²) < 4.78 is 28.7. The Morgan fingerprint density at radius 1 is 1.29 bits per heavy atom. The number of nitrogens with one attached hydrogen (secondary N) is 2. The van der Waals surface area contributed by atoms with Gasteiger partial charge in [-0.3, -0.25) is 4.72 Å². The van der Waals surface area contributed by atoms with Crippen molar-refractivity contribution in [2.75, 3.05) is 10.1 Å². The van der Waals surface area contributed by atoms with Crippen molar-refractivity contribution in [2.24, 2.45) is 5.84 Å². The molecule has 0 bridgehead atoms. The van der Waals surface area contributed by atoms with Crippen molar-refractivity contribution >= 4 is 53.4 Å². The monoisotopic (exact) mass is 434 g/mol. The average molecular weight is 436 g/mol. The van der Waals surface area contributed by atoms with E-state index in [4.69, 9.17) is 5.84 Å². The molecule has 4 N–H and O–H groups in total. The Balaban J connectivity index is 2.48. The van der Waals surface area contributed by atoms with Crippen LogP contribution in [0.25, 0.3) is 0 Å². The number of rotatable bonds is 4. The second kappa shape index (κ2) is 6.30. The zero-order chi connectivity index (χ0) is 15.6. The van der Waals surface area contributed by atoms with Crippen LogP contribution < -0.4 is 16.0 Å². The van der Waals surface area contributed by atoms with E-state index in [0.29, 0.717) is 14.6 Å². The molecule has 0 unspecified atom stereocenters. The lowest BCUT2D eigenvalue weighted by atomic mass is 10.2. The van der Waals surface area contributed by atoms with Crippen molar-refractivity contribution in [2.45, 2.75) is 11.8 Å². The minimum Gasteiger partial charge on any atom is -0.307 e. The normalized spacial score (nSPS) is 11.2. The summed E-state index contributed by atoms with van der Waals surface area (Å²) in [6.45, 7) is 1.87. The quantitative estimate of drug-likeness (QED) is 0.506. The molecule has 1 aromatic heterocycles. The van der Waals surface area contributed by atoms with Crippen molar-refractivity contribution in [3.63, 3.8) is 0 Å². The Kier molecular flexibility index (Phi) is 4.87. The number of nitrogen functional groups attached to an aromatic ring is 1. The van der Waals surface area contributed by atoms with Crippen LogP contribution in [0.4, 0.5) is 11.5 Å². The average Bonchev–Trinajstić information content (AvgIpc) is 2.44. The maximum absolute atomic E-state index is 12.5. The molecule has 0 saturated carbocycles. The zero-order valence-corrected chi connectivity index (χ0v) is 14.9. The highest BCUT2D eigenvalue weighted by Gasteiger charge is 2.21. The number of sulfonamides is 1. The number of aryl methyl sites for hydroxylation is 1. The van der Waals surface area contributed by atoms with Gasteiger partial charge in [0.2, 0.25) is 0 Å². The summed E-state index contributed by atoms with van der Waals surface area (Å²) in [4.78, 5) is 3.88. The largest absolute Gasteiger partial charge is 0.307 e. The number of pyridine rings is 1. The maximum Gasteiger partial charge on any atom is 0.265 e. The highest BCUT2D eigenvalue weighted by atomic mass is 79.9. The van der Waals surface area contributed by atoms with Gasteiger partial charge in [-0.1, -0.05) is 12.1 Å². The number of hydrazine groups is 1. The lowest BCUT2D eigenvalue weighted by Gasteiger charge is -2.13. The van der Waals surface area contributed by atoms with E-state index in [0.717, 1.165) is 5.56 Å². The van der Waals surface area contributed by atoms with E-state index in [1.165, 1.54) is 12.3 Å². The third-order valence-electron chi connectivity index (χ3n) is 2.68. The maximum atomic E-state index is 12.5. The van der Waals surface area contributed by atoms with Crippen molar-refractivity contribution in [3.8, 4) is 0 Å². The summed E-state index contributed by atoms with van der Waals surface area (Å²) in [6.07, 6.45) is 1.46. The van der Waals surface area contributed by atoms with Crippen LogP contribution >= 0.6 is 31.9 Å². The molecular weight excluding hydrogens is 424 g/mol. The first kappa shape index (κ1) is 16.2. The van der Waals surface area contributed by atoms with E-state index < -0.39 is 10.0 Å². The van der Waals surface area contributed by atoms with Crippen LogP contribution in [0.15, 0.2) is 44.3 Å². The fourth-order valence-corrected chi connectivity index (χ4v) is 3.86. The summed E-state index contributed by atoms with van der Waals surface area (Å²) >= 11 is 6.56. The summed E-state index contributed by atoms with van der Waals surface area (Å²) in [6, 6.07) is 6.72. The molecule has 0 aliphatic rings. The van der Waals surface area contributed by atoms with E-state index in [1.807, 2.05) is 13.0 Å². The van der Waals surface area contributed by atoms with Gasteiger partial charge in [0.1, 0.15) is 4.90 Å². The van der Waals surface area contributed by atoms with Crippen LogP contribution in [0.5, 0.6) is 0 Å². The summed E-state index contributed by atoms with van der Waals surface area (Å²) in [5, 5.41) is 0. The third kappa shape index (κ3) is 3.54. The molecule has 0 radical (unpaired) electrons. The first-order valence-corrected chi connectivity index (χ1v) is 8.82. The van der Waals surface area contributed by atoms with E-state index in [9.17, 15) is 8.42 Å². The van der Waals surface area contributed by atoms with E-state index in [2.05, 4.69) is 47.0 Å². The number of halogens is 2. The first-order valence-electron chi connectivity index (χ1n) is 5.75. The SMILES string of the molecule is Cc1cccc(NS(=O)(=O)c2cc(Br)cnc2NN)c1Br. The van der Waals surface area contributed by atoms with Gasteiger partial charge in [0.25, 0.3) is 10.0 Å². The third-order valence-corrected chi connectivity index (χ3v) is 5.55. The molecular formula is C12H12Br2N4O2S. The van der Waals surface area contributed by atoms with Crippen LogP contribution in [0.3, 0.4) is 0 Å². The zero-order valence-electron chi connectivity index (χ0n) is 10.9. The predicted octanol–water partition coefficient (Wildman–Crippen LogP) is 3.00. The van der Waals surface area contributed by atoms with Crippen LogP contribution in [0, 0.1) is 6.92 Å². The number of hydrogen-bond donors (Lipinski definition) is 3. The van der Waals surface area contributed by atoms with Gasteiger partial charge in [0, 0.05) is 15.1 Å². The Morgan fingerprint density at radius 2 is 2.00 bits per heavy atom. The first-order chi connectivity index (χ1) is 9.85. The molecule has 112 valence electrons. The smallest absolute Gasteiger partial charge is 0.265 e. The molecule has 0 spiro atoms. The highest BCUT2D eigenvalue weighted by Crippen LogP contribution is 2.30. The van der Waals surface area contributed by atoms with Gasteiger partial charge >= 0.3 is 0 Å². The molecule has 6 nitrogen and oxygen atoms in total. The number of hydrogen-bond acceptors (Lipinski definition) is 5. The molecule has 1 heterocycles. The molecule has 0 fully saturated rings. The Hall–Kier alpha value is -1.16.